The van der Waals surface area contributed by atoms with Crippen molar-refractivity contribution in [3.8, 4) is 0 Å². The standard InChI is InChI=1S/C13H26N2OS/c1-17-13-3-2-7-15(8-6-13)10-12(16)9-14-11-4-5-11/h11-14,16H,2-10H2,1H3. The number of hydrogen-bond donors (Lipinski definition) is 2. The maximum atomic E-state index is 9.98. The highest BCUT2D eigenvalue weighted by atomic mass is 32.2. The molecule has 0 aromatic rings. The minimum absolute atomic E-state index is 0.193. The molecule has 17 heavy (non-hydrogen) atoms. The minimum Gasteiger partial charge on any atom is -0.390 e. The van der Waals surface area contributed by atoms with E-state index < -0.39 is 0 Å². The smallest absolute Gasteiger partial charge is 0.0791 e. The number of β-amino-alcohol motifs (C(OH)–C–C–N with tert-alkyl or cyclic N) is 1. The van der Waals surface area contributed by atoms with Gasteiger partial charge in [0.25, 0.3) is 0 Å². The van der Waals surface area contributed by atoms with Crippen molar-refractivity contribution in [3.63, 3.8) is 0 Å². The van der Waals surface area contributed by atoms with Gasteiger partial charge in [0.2, 0.25) is 0 Å². The molecule has 0 bridgehead atoms. The summed E-state index contributed by atoms with van der Waals surface area (Å²) < 4.78 is 0. The quantitative estimate of drug-likeness (QED) is 0.753. The third kappa shape index (κ3) is 5.16. The van der Waals surface area contributed by atoms with Crippen LogP contribution in [0.15, 0.2) is 0 Å². The van der Waals surface area contributed by atoms with Crippen LogP contribution in [0, 0.1) is 0 Å². The lowest BCUT2D eigenvalue weighted by Crippen LogP contribution is -2.39. The van der Waals surface area contributed by atoms with E-state index in [4.69, 9.17) is 0 Å². The Balaban J connectivity index is 1.62. The number of nitrogens with zero attached hydrogens (tertiary/aromatic N) is 1. The van der Waals surface area contributed by atoms with Gasteiger partial charge in [0.1, 0.15) is 0 Å². The Hall–Kier alpha value is 0.230. The number of nitrogens with one attached hydrogen (secondary N) is 1. The van der Waals surface area contributed by atoms with Crippen LogP contribution in [0.3, 0.4) is 0 Å². The summed E-state index contributed by atoms with van der Waals surface area (Å²) in [6.07, 6.45) is 8.53. The van der Waals surface area contributed by atoms with Crippen molar-refractivity contribution in [2.75, 3.05) is 32.4 Å². The first-order chi connectivity index (χ1) is 8.28. The Labute approximate surface area is 109 Å². The maximum Gasteiger partial charge on any atom is 0.0791 e. The average Bonchev–Trinajstić information content (AvgIpc) is 3.14. The summed E-state index contributed by atoms with van der Waals surface area (Å²) in [6, 6.07) is 0.703. The molecule has 2 aliphatic rings. The molecule has 0 amide bonds. The van der Waals surface area contributed by atoms with Crippen molar-refractivity contribution < 1.29 is 5.11 Å². The van der Waals surface area contributed by atoms with E-state index in [0.717, 1.165) is 31.4 Å². The van der Waals surface area contributed by atoms with Gasteiger partial charge in [0.15, 0.2) is 0 Å². The lowest BCUT2D eigenvalue weighted by molar-refractivity contribution is 0.113. The third-order valence-electron chi connectivity index (χ3n) is 3.79. The van der Waals surface area contributed by atoms with Gasteiger partial charge in [-0.15, -0.1) is 0 Å². The molecule has 4 heteroatoms. The molecule has 0 spiro atoms. The van der Waals surface area contributed by atoms with Gasteiger partial charge < -0.3 is 15.3 Å². The molecular formula is C13H26N2OS. The van der Waals surface area contributed by atoms with Crippen molar-refractivity contribution in [2.24, 2.45) is 0 Å². The van der Waals surface area contributed by atoms with Crippen molar-refractivity contribution >= 4 is 11.8 Å². The van der Waals surface area contributed by atoms with Gasteiger partial charge in [-0.05, 0) is 51.4 Å². The van der Waals surface area contributed by atoms with E-state index in [2.05, 4.69) is 16.5 Å². The fourth-order valence-electron chi connectivity index (χ4n) is 2.50. The molecule has 3 nitrogen and oxygen atoms in total. The van der Waals surface area contributed by atoms with Crippen LogP contribution in [-0.2, 0) is 0 Å². The molecule has 1 aliphatic carbocycles. The molecule has 0 radical (unpaired) electrons. The molecule has 2 rings (SSSR count). The van der Waals surface area contributed by atoms with Gasteiger partial charge >= 0.3 is 0 Å². The predicted octanol–water partition coefficient (Wildman–Crippen LogP) is 1.32. The lowest BCUT2D eigenvalue weighted by Gasteiger charge is -2.23. The SMILES string of the molecule is CSC1CCCN(CC(O)CNC2CC2)CC1. The van der Waals surface area contributed by atoms with E-state index in [0.29, 0.717) is 6.04 Å². The summed E-state index contributed by atoms with van der Waals surface area (Å²) in [4.78, 5) is 2.44. The Bertz CT molecular complexity index is 223. The molecule has 2 fully saturated rings. The molecule has 100 valence electrons. The van der Waals surface area contributed by atoms with E-state index in [9.17, 15) is 5.11 Å². The summed E-state index contributed by atoms with van der Waals surface area (Å²) in [5.41, 5.74) is 0. The Kier molecular flexibility index (Phi) is 5.60. The van der Waals surface area contributed by atoms with Crippen LogP contribution in [0.4, 0.5) is 0 Å². The van der Waals surface area contributed by atoms with Crippen LogP contribution < -0.4 is 5.32 Å². The normalized spacial score (nSPS) is 28.9. The maximum absolute atomic E-state index is 9.98. The van der Waals surface area contributed by atoms with Gasteiger partial charge in [-0.3, -0.25) is 0 Å². The largest absolute Gasteiger partial charge is 0.390 e. The molecule has 0 aromatic heterocycles. The number of rotatable bonds is 6. The Morgan fingerprint density at radius 2 is 2.12 bits per heavy atom. The summed E-state index contributed by atoms with van der Waals surface area (Å²) in [5.74, 6) is 0. The number of aliphatic hydroxyl groups is 1. The Morgan fingerprint density at radius 1 is 1.29 bits per heavy atom. The zero-order valence-corrected chi connectivity index (χ0v) is 11.7. The molecule has 2 unspecified atom stereocenters. The van der Waals surface area contributed by atoms with Gasteiger partial charge in [-0.2, -0.15) is 11.8 Å². The number of aliphatic hydroxyl groups excluding tert-OH is 1. The Morgan fingerprint density at radius 3 is 2.82 bits per heavy atom. The van der Waals surface area contributed by atoms with Crippen LogP contribution in [0.2, 0.25) is 0 Å². The first kappa shape index (κ1) is 13.7. The highest BCUT2D eigenvalue weighted by molar-refractivity contribution is 7.99. The van der Waals surface area contributed by atoms with Gasteiger partial charge in [-0.25, -0.2) is 0 Å². The first-order valence-corrected chi connectivity index (χ1v) is 8.23. The topological polar surface area (TPSA) is 35.5 Å². The van der Waals surface area contributed by atoms with E-state index in [1.807, 2.05) is 11.8 Å². The van der Waals surface area contributed by atoms with E-state index in [1.165, 1.54) is 32.1 Å². The second kappa shape index (κ2) is 6.98. The van der Waals surface area contributed by atoms with E-state index >= 15 is 0 Å². The molecule has 1 aliphatic heterocycles. The molecule has 2 N–H and O–H groups in total. The van der Waals surface area contributed by atoms with Crippen LogP contribution in [-0.4, -0.2) is 59.8 Å². The minimum atomic E-state index is -0.193. The monoisotopic (exact) mass is 258 g/mol. The number of likely N-dealkylation sites (tertiary alicyclic amines) is 1. The molecular weight excluding hydrogens is 232 g/mol. The van der Waals surface area contributed by atoms with Crippen LogP contribution >= 0.6 is 11.8 Å². The molecule has 1 saturated heterocycles. The summed E-state index contributed by atoms with van der Waals surface area (Å²) in [6.45, 7) is 3.94. The zero-order valence-electron chi connectivity index (χ0n) is 10.9. The van der Waals surface area contributed by atoms with Crippen LogP contribution in [0.25, 0.3) is 0 Å². The van der Waals surface area contributed by atoms with Gasteiger partial charge in [-0.1, -0.05) is 0 Å². The molecule has 1 heterocycles. The molecule has 0 aromatic carbocycles. The molecule has 1 saturated carbocycles. The predicted molar refractivity (Wildman–Crippen MR) is 74.6 cm³/mol. The number of thioether (sulfide) groups is 1. The fourth-order valence-corrected chi connectivity index (χ4v) is 3.24. The van der Waals surface area contributed by atoms with E-state index in [-0.39, 0.29) is 6.10 Å². The van der Waals surface area contributed by atoms with Crippen molar-refractivity contribution in [2.45, 2.75) is 49.5 Å². The van der Waals surface area contributed by atoms with E-state index in [1.54, 1.807) is 0 Å². The van der Waals surface area contributed by atoms with Crippen molar-refractivity contribution in [1.82, 2.24) is 10.2 Å². The lowest BCUT2D eigenvalue weighted by atomic mass is 10.2. The fraction of sp³-hybridized carbons (Fsp3) is 1.00. The van der Waals surface area contributed by atoms with Crippen LogP contribution in [0.5, 0.6) is 0 Å². The number of hydrogen-bond acceptors (Lipinski definition) is 4. The average molecular weight is 258 g/mol. The highest BCUT2D eigenvalue weighted by Gasteiger charge is 2.22. The third-order valence-corrected chi connectivity index (χ3v) is 4.93. The summed E-state index contributed by atoms with van der Waals surface area (Å²) in [5, 5.41) is 14.2. The second-order valence-electron chi connectivity index (χ2n) is 5.43. The zero-order chi connectivity index (χ0) is 12.1. The molecule has 2 atom stereocenters. The summed E-state index contributed by atoms with van der Waals surface area (Å²) in [7, 11) is 0. The van der Waals surface area contributed by atoms with Gasteiger partial charge in [0, 0.05) is 24.4 Å². The second-order valence-corrected chi connectivity index (χ2v) is 6.56. The van der Waals surface area contributed by atoms with Crippen molar-refractivity contribution in [3.05, 3.63) is 0 Å². The van der Waals surface area contributed by atoms with Crippen molar-refractivity contribution in [1.29, 1.82) is 0 Å². The highest BCUT2D eigenvalue weighted by Crippen LogP contribution is 2.21. The van der Waals surface area contributed by atoms with Crippen LogP contribution in [0.1, 0.15) is 32.1 Å². The first-order valence-electron chi connectivity index (χ1n) is 6.94. The summed E-state index contributed by atoms with van der Waals surface area (Å²) >= 11 is 2.00. The van der Waals surface area contributed by atoms with Gasteiger partial charge in [0.05, 0.1) is 6.10 Å².